The lowest BCUT2D eigenvalue weighted by Crippen LogP contribution is -2.64. The molecule has 0 aliphatic carbocycles. The Morgan fingerprint density at radius 2 is 1.79 bits per heavy atom. The highest BCUT2D eigenvalue weighted by Gasteiger charge is 2.38. The highest BCUT2D eigenvalue weighted by atomic mass is 16.2. The van der Waals surface area contributed by atoms with Crippen LogP contribution in [0.4, 0.5) is 0 Å². The third-order valence-electron chi connectivity index (χ3n) is 4.96. The Morgan fingerprint density at radius 3 is 2.37 bits per heavy atom. The van der Waals surface area contributed by atoms with Crippen molar-refractivity contribution in [2.24, 2.45) is 0 Å². The van der Waals surface area contributed by atoms with E-state index in [1.165, 1.54) is 0 Å². The number of nitrogens with one attached hydrogen (secondary N) is 1. The number of likely N-dealkylation sites (N-methyl/N-ethyl adjacent to an activating group) is 1. The highest BCUT2D eigenvalue weighted by Crippen LogP contribution is 2.24. The third-order valence-corrected chi connectivity index (χ3v) is 4.96. The number of carbonyl (C=O) groups is 1. The molecule has 2 aliphatic rings. The maximum Gasteiger partial charge on any atom is 0.234 e. The maximum atomic E-state index is 11.6. The lowest BCUT2D eigenvalue weighted by Gasteiger charge is -2.49. The van der Waals surface area contributed by atoms with Gasteiger partial charge in [0.2, 0.25) is 5.91 Å². The van der Waals surface area contributed by atoms with Crippen LogP contribution in [0.3, 0.4) is 0 Å². The molecule has 0 bridgehead atoms. The molecule has 1 N–H and O–H groups in total. The molecule has 2 fully saturated rings. The molecule has 0 aromatic heterocycles. The molecule has 5 heteroatoms. The predicted molar refractivity (Wildman–Crippen MR) is 77.2 cm³/mol. The van der Waals surface area contributed by atoms with Gasteiger partial charge in [0.25, 0.3) is 0 Å². The molecule has 19 heavy (non-hydrogen) atoms. The summed E-state index contributed by atoms with van der Waals surface area (Å²) in [5.74, 6) is 0.157. The van der Waals surface area contributed by atoms with Crippen LogP contribution in [0.1, 0.15) is 20.8 Å². The molecule has 0 radical (unpaired) electrons. The minimum absolute atomic E-state index is 0.0354. The van der Waals surface area contributed by atoms with E-state index in [1.54, 1.807) is 0 Å². The van der Waals surface area contributed by atoms with Crippen molar-refractivity contribution in [3.8, 4) is 0 Å². The average Bonchev–Trinajstić information content (AvgIpc) is 2.39. The number of nitrogens with zero attached hydrogens (tertiary/aromatic N) is 3. The Kier molecular flexibility index (Phi) is 4.48. The molecule has 1 atom stereocenters. The summed E-state index contributed by atoms with van der Waals surface area (Å²) < 4.78 is 0. The van der Waals surface area contributed by atoms with E-state index >= 15 is 0 Å². The van der Waals surface area contributed by atoms with Crippen LogP contribution in [0.5, 0.6) is 0 Å². The largest absolute Gasteiger partial charge is 0.354 e. The first-order chi connectivity index (χ1) is 8.91. The molecule has 110 valence electrons. The SMILES string of the molecule is CC(N1CCN(C)CC1)C(C)(C)N1CCNC(=O)C1. The van der Waals surface area contributed by atoms with Crippen LogP contribution >= 0.6 is 0 Å². The van der Waals surface area contributed by atoms with Crippen LogP contribution < -0.4 is 5.32 Å². The smallest absolute Gasteiger partial charge is 0.234 e. The van der Waals surface area contributed by atoms with Gasteiger partial charge in [-0.05, 0) is 27.8 Å². The first-order valence-electron chi connectivity index (χ1n) is 7.35. The predicted octanol–water partition coefficient (Wildman–Crippen LogP) is -0.167. The van der Waals surface area contributed by atoms with Crippen LogP contribution in [-0.2, 0) is 4.79 Å². The fourth-order valence-corrected chi connectivity index (χ4v) is 3.05. The van der Waals surface area contributed by atoms with Crippen molar-refractivity contribution in [3.05, 3.63) is 0 Å². The number of hydrogen-bond donors (Lipinski definition) is 1. The van der Waals surface area contributed by atoms with Crippen LogP contribution in [0.25, 0.3) is 0 Å². The Bertz CT molecular complexity index is 323. The quantitative estimate of drug-likeness (QED) is 0.771. The molecule has 1 amide bonds. The number of amides is 1. The first kappa shape index (κ1) is 14.8. The van der Waals surface area contributed by atoms with Gasteiger partial charge < -0.3 is 10.2 Å². The molecule has 0 spiro atoms. The van der Waals surface area contributed by atoms with E-state index in [0.29, 0.717) is 12.6 Å². The second kappa shape index (κ2) is 5.77. The van der Waals surface area contributed by atoms with Crippen molar-refractivity contribution in [3.63, 3.8) is 0 Å². The van der Waals surface area contributed by atoms with E-state index < -0.39 is 0 Å². The summed E-state index contributed by atoms with van der Waals surface area (Å²) in [5.41, 5.74) is 0.0354. The molecule has 0 aromatic carbocycles. The number of hydrogen-bond acceptors (Lipinski definition) is 4. The van der Waals surface area contributed by atoms with Crippen molar-refractivity contribution in [1.82, 2.24) is 20.0 Å². The zero-order valence-electron chi connectivity index (χ0n) is 12.8. The van der Waals surface area contributed by atoms with E-state index in [9.17, 15) is 4.79 Å². The van der Waals surface area contributed by atoms with Crippen molar-refractivity contribution in [1.29, 1.82) is 0 Å². The summed E-state index contributed by atoms with van der Waals surface area (Å²) in [6, 6.07) is 0.465. The monoisotopic (exact) mass is 268 g/mol. The lowest BCUT2D eigenvalue weighted by atomic mass is 9.91. The fourth-order valence-electron chi connectivity index (χ4n) is 3.05. The fraction of sp³-hybridized carbons (Fsp3) is 0.929. The van der Waals surface area contributed by atoms with Gasteiger partial charge >= 0.3 is 0 Å². The summed E-state index contributed by atoms with van der Waals surface area (Å²) in [6.07, 6.45) is 0. The molecule has 0 aromatic rings. The summed E-state index contributed by atoms with van der Waals surface area (Å²) in [4.78, 5) is 18.9. The molecule has 1 unspecified atom stereocenters. The van der Waals surface area contributed by atoms with Crippen molar-refractivity contribution in [2.45, 2.75) is 32.4 Å². The summed E-state index contributed by atoms with van der Waals surface area (Å²) in [7, 11) is 2.18. The van der Waals surface area contributed by atoms with Crippen molar-refractivity contribution >= 4 is 5.91 Å². The molecular weight excluding hydrogens is 240 g/mol. The highest BCUT2D eigenvalue weighted by molar-refractivity contribution is 5.78. The van der Waals surface area contributed by atoms with E-state index in [4.69, 9.17) is 0 Å². The van der Waals surface area contributed by atoms with Crippen molar-refractivity contribution in [2.75, 3.05) is 52.9 Å². The molecule has 2 heterocycles. The van der Waals surface area contributed by atoms with E-state index in [2.05, 4.69) is 47.8 Å². The lowest BCUT2D eigenvalue weighted by molar-refractivity contribution is -0.127. The second-order valence-electron chi connectivity index (χ2n) is 6.44. The minimum Gasteiger partial charge on any atom is -0.354 e. The van der Waals surface area contributed by atoms with Crippen LogP contribution in [0.2, 0.25) is 0 Å². The van der Waals surface area contributed by atoms with Gasteiger partial charge in [-0.25, -0.2) is 0 Å². The molecular formula is C14H28N4O. The third kappa shape index (κ3) is 3.27. The molecule has 2 saturated heterocycles. The Labute approximate surface area is 116 Å². The van der Waals surface area contributed by atoms with Gasteiger partial charge in [0.05, 0.1) is 6.54 Å². The summed E-state index contributed by atoms with van der Waals surface area (Å²) in [5, 5.41) is 2.91. The van der Waals surface area contributed by atoms with Gasteiger partial charge in [-0.2, -0.15) is 0 Å². The van der Waals surface area contributed by atoms with Gasteiger partial charge in [0, 0.05) is 50.8 Å². The normalized spacial score (nSPS) is 26.2. The first-order valence-corrected chi connectivity index (χ1v) is 7.35. The van der Waals surface area contributed by atoms with E-state index in [0.717, 1.165) is 39.3 Å². The zero-order chi connectivity index (χ0) is 14.0. The van der Waals surface area contributed by atoms with Gasteiger partial charge in [-0.3, -0.25) is 14.6 Å². The molecule has 5 nitrogen and oxygen atoms in total. The van der Waals surface area contributed by atoms with E-state index in [-0.39, 0.29) is 11.4 Å². The standard InChI is InChI=1S/C14H28N4O/c1-12(17-9-7-16(4)8-10-17)14(2,3)18-6-5-15-13(19)11-18/h12H,5-11H2,1-4H3,(H,15,19). The van der Waals surface area contributed by atoms with Gasteiger partial charge in [-0.1, -0.05) is 0 Å². The summed E-state index contributed by atoms with van der Waals surface area (Å²) in [6.45, 7) is 13.6. The second-order valence-corrected chi connectivity index (χ2v) is 6.44. The van der Waals surface area contributed by atoms with E-state index in [1.807, 2.05) is 0 Å². The van der Waals surface area contributed by atoms with Crippen LogP contribution in [-0.4, -0.2) is 85.0 Å². The maximum absolute atomic E-state index is 11.6. The number of carbonyl (C=O) groups excluding carboxylic acids is 1. The molecule has 2 aliphatic heterocycles. The Morgan fingerprint density at radius 1 is 1.16 bits per heavy atom. The van der Waals surface area contributed by atoms with Gasteiger partial charge in [0.1, 0.15) is 0 Å². The topological polar surface area (TPSA) is 38.8 Å². The molecule has 2 rings (SSSR count). The van der Waals surface area contributed by atoms with Gasteiger partial charge in [0.15, 0.2) is 0 Å². The number of piperazine rings is 2. The summed E-state index contributed by atoms with van der Waals surface area (Å²) >= 11 is 0. The van der Waals surface area contributed by atoms with Crippen LogP contribution in [0.15, 0.2) is 0 Å². The Hall–Kier alpha value is -0.650. The van der Waals surface area contributed by atoms with Crippen molar-refractivity contribution < 1.29 is 4.79 Å². The Balaban J connectivity index is 1.99. The number of rotatable bonds is 3. The minimum atomic E-state index is 0.0354. The zero-order valence-corrected chi connectivity index (χ0v) is 12.8. The molecule has 0 saturated carbocycles. The van der Waals surface area contributed by atoms with Crippen LogP contribution in [0, 0.1) is 0 Å². The average molecular weight is 268 g/mol. The van der Waals surface area contributed by atoms with Gasteiger partial charge in [-0.15, -0.1) is 0 Å².